The fraction of sp³-hybridized carbons (Fsp3) is 0.556. The van der Waals surface area contributed by atoms with E-state index in [1.54, 1.807) is 26.1 Å². The Balaban J connectivity index is 1.74. The molecule has 6 nitrogen and oxygen atoms in total. The lowest BCUT2D eigenvalue weighted by atomic mass is 9.95. The van der Waals surface area contributed by atoms with Crippen molar-refractivity contribution < 1.29 is 14.3 Å². The predicted molar refractivity (Wildman–Crippen MR) is 94.1 cm³/mol. The van der Waals surface area contributed by atoms with E-state index in [0.717, 1.165) is 25.9 Å². The third-order valence-corrected chi connectivity index (χ3v) is 4.41. The molecule has 0 aromatic heterocycles. The van der Waals surface area contributed by atoms with Crippen molar-refractivity contribution >= 4 is 17.5 Å². The van der Waals surface area contributed by atoms with Gasteiger partial charge in [0.15, 0.2) is 0 Å². The molecule has 1 N–H and O–H groups in total. The van der Waals surface area contributed by atoms with Gasteiger partial charge >= 0.3 is 0 Å². The number of likely N-dealkylation sites (tertiary alicyclic amines) is 1. The number of hydrogen-bond donors (Lipinski definition) is 1. The first-order chi connectivity index (χ1) is 11.5. The van der Waals surface area contributed by atoms with Crippen LogP contribution in [0.15, 0.2) is 24.3 Å². The van der Waals surface area contributed by atoms with Crippen LogP contribution < -0.4 is 10.1 Å². The van der Waals surface area contributed by atoms with Crippen molar-refractivity contribution in [2.45, 2.75) is 19.3 Å². The average molecular weight is 333 g/mol. The molecule has 0 radical (unpaired) electrons. The molecule has 1 heterocycles. The van der Waals surface area contributed by atoms with Crippen molar-refractivity contribution in [1.29, 1.82) is 0 Å². The minimum Gasteiger partial charge on any atom is -0.495 e. The van der Waals surface area contributed by atoms with Crippen LogP contribution >= 0.6 is 0 Å². The second-order valence-corrected chi connectivity index (χ2v) is 6.35. The maximum absolute atomic E-state index is 12.1. The third kappa shape index (κ3) is 4.96. The van der Waals surface area contributed by atoms with Gasteiger partial charge in [-0.2, -0.15) is 0 Å². The molecule has 1 aliphatic heterocycles. The van der Waals surface area contributed by atoms with Crippen LogP contribution in [0.3, 0.4) is 0 Å². The first-order valence-corrected chi connectivity index (χ1v) is 8.37. The normalized spacial score (nSPS) is 15.8. The summed E-state index contributed by atoms with van der Waals surface area (Å²) in [7, 11) is 5.19. The van der Waals surface area contributed by atoms with E-state index in [0.29, 0.717) is 24.4 Å². The Hall–Kier alpha value is -2.08. The molecule has 1 aromatic carbocycles. The van der Waals surface area contributed by atoms with Gasteiger partial charge in [0.05, 0.1) is 12.8 Å². The zero-order chi connectivity index (χ0) is 17.5. The van der Waals surface area contributed by atoms with E-state index < -0.39 is 0 Å². The number of hydrogen-bond acceptors (Lipinski definition) is 4. The number of piperidine rings is 1. The second kappa shape index (κ2) is 8.68. The summed E-state index contributed by atoms with van der Waals surface area (Å²) in [5.41, 5.74) is 0.695. The van der Waals surface area contributed by atoms with E-state index in [9.17, 15) is 9.59 Å². The van der Waals surface area contributed by atoms with Crippen molar-refractivity contribution in [3.05, 3.63) is 24.3 Å². The Morgan fingerprint density at radius 3 is 2.54 bits per heavy atom. The molecule has 6 heteroatoms. The number of rotatable bonds is 6. The Kier molecular flexibility index (Phi) is 6.61. The summed E-state index contributed by atoms with van der Waals surface area (Å²) in [6, 6.07) is 7.38. The van der Waals surface area contributed by atoms with Gasteiger partial charge < -0.3 is 19.9 Å². The van der Waals surface area contributed by atoms with Crippen LogP contribution in [0.4, 0.5) is 5.69 Å². The highest BCUT2D eigenvalue weighted by Gasteiger charge is 2.26. The molecular weight excluding hydrogens is 306 g/mol. The fourth-order valence-corrected chi connectivity index (χ4v) is 2.99. The van der Waals surface area contributed by atoms with E-state index in [-0.39, 0.29) is 17.7 Å². The van der Waals surface area contributed by atoms with Gasteiger partial charge in [0.25, 0.3) is 0 Å². The molecule has 1 fully saturated rings. The smallest absolute Gasteiger partial charge is 0.225 e. The van der Waals surface area contributed by atoms with Crippen LogP contribution in [0, 0.1) is 5.92 Å². The van der Waals surface area contributed by atoms with E-state index in [4.69, 9.17) is 4.74 Å². The lowest BCUT2D eigenvalue weighted by molar-refractivity contribution is -0.134. The molecule has 0 aliphatic carbocycles. The number of methoxy groups -OCH3 is 1. The zero-order valence-corrected chi connectivity index (χ0v) is 14.7. The van der Waals surface area contributed by atoms with Gasteiger partial charge in [-0.25, -0.2) is 0 Å². The van der Waals surface area contributed by atoms with E-state index >= 15 is 0 Å². The first-order valence-electron chi connectivity index (χ1n) is 8.37. The van der Waals surface area contributed by atoms with Gasteiger partial charge in [-0.15, -0.1) is 0 Å². The first kappa shape index (κ1) is 18.3. The summed E-state index contributed by atoms with van der Waals surface area (Å²) >= 11 is 0. The minimum atomic E-state index is -0.0222. The van der Waals surface area contributed by atoms with Crippen molar-refractivity contribution in [2.75, 3.05) is 46.2 Å². The molecule has 2 rings (SSSR count). The van der Waals surface area contributed by atoms with Crippen molar-refractivity contribution in [2.24, 2.45) is 5.92 Å². The molecule has 2 amide bonds. The van der Waals surface area contributed by atoms with Gasteiger partial charge in [0.1, 0.15) is 5.75 Å². The molecule has 132 valence electrons. The highest BCUT2D eigenvalue weighted by atomic mass is 16.5. The lowest BCUT2D eigenvalue weighted by Crippen LogP contribution is -2.41. The van der Waals surface area contributed by atoms with Crippen molar-refractivity contribution in [3.63, 3.8) is 0 Å². The van der Waals surface area contributed by atoms with Gasteiger partial charge in [0.2, 0.25) is 11.8 Å². The number of benzene rings is 1. The fourth-order valence-electron chi connectivity index (χ4n) is 2.99. The second-order valence-electron chi connectivity index (χ2n) is 6.35. The largest absolute Gasteiger partial charge is 0.495 e. The lowest BCUT2D eigenvalue weighted by Gasteiger charge is -2.32. The summed E-state index contributed by atoms with van der Waals surface area (Å²) in [6.45, 7) is 2.45. The minimum absolute atomic E-state index is 0.0222. The van der Waals surface area contributed by atoms with Gasteiger partial charge in [-0.05, 0) is 38.1 Å². The molecule has 0 saturated carbocycles. The van der Waals surface area contributed by atoms with E-state index in [2.05, 4.69) is 10.2 Å². The molecule has 1 aromatic rings. The van der Waals surface area contributed by atoms with Crippen LogP contribution in [0.25, 0.3) is 0 Å². The SMILES string of the molecule is COc1ccccc1NC(=O)CCN1CCC(C(=O)N(C)C)CC1. The monoisotopic (exact) mass is 333 g/mol. The molecule has 0 unspecified atom stereocenters. The highest BCUT2D eigenvalue weighted by Crippen LogP contribution is 2.23. The van der Waals surface area contributed by atoms with Crippen LogP contribution in [0.1, 0.15) is 19.3 Å². The van der Waals surface area contributed by atoms with Crippen LogP contribution in [0.5, 0.6) is 5.75 Å². The average Bonchev–Trinajstić information content (AvgIpc) is 2.60. The highest BCUT2D eigenvalue weighted by molar-refractivity contribution is 5.92. The maximum Gasteiger partial charge on any atom is 0.225 e. The number of ether oxygens (including phenoxy) is 1. The summed E-state index contributed by atoms with van der Waals surface area (Å²) in [5, 5.41) is 2.89. The van der Waals surface area contributed by atoms with Gasteiger partial charge in [-0.3, -0.25) is 9.59 Å². The number of amides is 2. The summed E-state index contributed by atoms with van der Waals surface area (Å²) in [6.07, 6.45) is 2.17. The molecule has 0 spiro atoms. The zero-order valence-electron chi connectivity index (χ0n) is 14.7. The standard InChI is InChI=1S/C18H27N3O3/c1-20(2)18(23)14-8-11-21(12-9-14)13-10-17(22)19-15-6-4-5-7-16(15)24-3/h4-7,14H,8-13H2,1-3H3,(H,19,22). The summed E-state index contributed by atoms with van der Waals surface area (Å²) in [5.74, 6) is 0.974. The van der Waals surface area contributed by atoms with E-state index in [1.165, 1.54) is 0 Å². The number of anilines is 1. The summed E-state index contributed by atoms with van der Waals surface area (Å²) < 4.78 is 5.23. The van der Waals surface area contributed by atoms with Gasteiger partial charge in [0, 0.05) is 33.0 Å². The third-order valence-electron chi connectivity index (χ3n) is 4.41. The number of para-hydroxylation sites is 2. The van der Waals surface area contributed by atoms with Crippen molar-refractivity contribution in [1.82, 2.24) is 9.80 Å². The maximum atomic E-state index is 12.1. The van der Waals surface area contributed by atoms with Gasteiger partial charge in [-0.1, -0.05) is 12.1 Å². The number of nitrogens with one attached hydrogen (secondary N) is 1. The van der Waals surface area contributed by atoms with E-state index in [1.807, 2.05) is 24.3 Å². The number of nitrogens with zero attached hydrogens (tertiary/aromatic N) is 2. The van der Waals surface area contributed by atoms with Crippen LogP contribution in [-0.2, 0) is 9.59 Å². The topological polar surface area (TPSA) is 61.9 Å². The molecule has 24 heavy (non-hydrogen) atoms. The molecule has 1 aliphatic rings. The Bertz CT molecular complexity index is 566. The van der Waals surface area contributed by atoms with Crippen LogP contribution in [0.2, 0.25) is 0 Å². The molecule has 0 atom stereocenters. The summed E-state index contributed by atoms with van der Waals surface area (Å²) in [4.78, 5) is 28.0. The predicted octanol–water partition coefficient (Wildman–Crippen LogP) is 1.82. The number of carbonyl (C=O) groups is 2. The Morgan fingerprint density at radius 1 is 1.25 bits per heavy atom. The Morgan fingerprint density at radius 2 is 1.92 bits per heavy atom. The Labute approximate surface area is 143 Å². The molecule has 1 saturated heterocycles. The number of carbonyl (C=O) groups excluding carboxylic acids is 2. The quantitative estimate of drug-likeness (QED) is 0.863. The molecule has 0 bridgehead atoms. The van der Waals surface area contributed by atoms with Crippen LogP contribution in [-0.4, -0.2) is 62.5 Å². The van der Waals surface area contributed by atoms with Crippen molar-refractivity contribution in [3.8, 4) is 5.75 Å². The molecular formula is C18H27N3O3.